The van der Waals surface area contributed by atoms with E-state index in [-0.39, 0.29) is 0 Å². The fourth-order valence-corrected chi connectivity index (χ4v) is 3.08. The van der Waals surface area contributed by atoms with Gasteiger partial charge in [-0.05, 0) is 64.3 Å². The van der Waals surface area contributed by atoms with Crippen molar-refractivity contribution in [3.05, 3.63) is 57.5 Å². The van der Waals surface area contributed by atoms with Crippen LogP contribution in [-0.2, 0) is 6.42 Å². The normalized spacial score (nSPS) is 12.7. The number of hydrogen-bond acceptors (Lipinski definition) is 2. The van der Waals surface area contributed by atoms with E-state index in [0.29, 0.717) is 6.04 Å². The molecule has 0 aliphatic carbocycles. The summed E-state index contributed by atoms with van der Waals surface area (Å²) < 4.78 is 5.82. The first kappa shape index (κ1) is 15.8. The Morgan fingerprint density at radius 2 is 1.76 bits per heavy atom. The second-order valence-corrected chi connectivity index (χ2v) is 6.00. The molecular weight excluding hydrogens is 258 g/mol. The molecule has 0 radical (unpaired) electrons. The molecule has 2 nitrogen and oxygen atoms in total. The maximum atomic E-state index is 5.82. The van der Waals surface area contributed by atoms with Crippen LogP contribution in [0.4, 0.5) is 0 Å². The Labute approximate surface area is 128 Å². The van der Waals surface area contributed by atoms with Crippen molar-refractivity contribution in [2.24, 2.45) is 0 Å². The van der Waals surface area contributed by atoms with Gasteiger partial charge in [0.1, 0.15) is 11.5 Å². The Balaban J connectivity index is 2.37. The van der Waals surface area contributed by atoms with Gasteiger partial charge in [0.15, 0.2) is 0 Å². The highest BCUT2D eigenvalue weighted by atomic mass is 16.3. The summed E-state index contributed by atoms with van der Waals surface area (Å²) in [5.74, 6) is 2.08. The lowest BCUT2D eigenvalue weighted by Crippen LogP contribution is -2.24. The molecule has 1 aromatic heterocycles. The van der Waals surface area contributed by atoms with E-state index in [9.17, 15) is 0 Å². The van der Waals surface area contributed by atoms with Gasteiger partial charge in [-0.2, -0.15) is 0 Å². The minimum absolute atomic E-state index is 0.313. The molecule has 0 bridgehead atoms. The summed E-state index contributed by atoms with van der Waals surface area (Å²) in [6, 6.07) is 7.01. The van der Waals surface area contributed by atoms with Crippen LogP contribution < -0.4 is 5.32 Å². The summed E-state index contributed by atoms with van der Waals surface area (Å²) in [5, 5.41) is 3.63. The molecule has 1 N–H and O–H groups in total. The average Bonchev–Trinajstić information content (AvgIpc) is 2.67. The molecule has 0 amide bonds. The highest BCUT2D eigenvalue weighted by Crippen LogP contribution is 2.30. The van der Waals surface area contributed by atoms with E-state index in [4.69, 9.17) is 4.42 Å². The number of benzene rings is 1. The highest BCUT2D eigenvalue weighted by Gasteiger charge is 2.21. The van der Waals surface area contributed by atoms with E-state index in [2.05, 4.69) is 58.1 Å². The molecule has 0 fully saturated rings. The zero-order chi connectivity index (χ0) is 15.6. The van der Waals surface area contributed by atoms with Gasteiger partial charge in [0.2, 0.25) is 0 Å². The van der Waals surface area contributed by atoms with Gasteiger partial charge in [0.05, 0.1) is 0 Å². The third-order valence-corrected chi connectivity index (χ3v) is 4.35. The molecule has 2 rings (SSSR count). The Morgan fingerprint density at radius 1 is 1.05 bits per heavy atom. The van der Waals surface area contributed by atoms with E-state index in [1.165, 1.54) is 27.8 Å². The van der Waals surface area contributed by atoms with Crippen molar-refractivity contribution in [2.45, 2.75) is 54.0 Å². The first-order valence-electron chi connectivity index (χ1n) is 7.80. The van der Waals surface area contributed by atoms with Crippen molar-refractivity contribution in [1.82, 2.24) is 5.32 Å². The monoisotopic (exact) mass is 285 g/mol. The van der Waals surface area contributed by atoms with E-state index >= 15 is 0 Å². The lowest BCUT2D eigenvalue weighted by Gasteiger charge is -2.20. The second kappa shape index (κ2) is 6.48. The maximum absolute atomic E-state index is 5.82. The SMILES string of the molecule is CCNC(Cc1cc(C)ccc1C)c1c(C)oc(C)c1C. The molecule has 0 spiro atoms. The van der Waals surface area contributed by atoms with Crippen LogP contribution in [0.2, 0.25) is 0 Å². The topological polar surface area (TPSA) is 25.2 Å². The van der Waals surface area contributed by atoms with Crippen molar-refractivity contribution in [1.29, 1.82) is 0 Å². The van der Waals surface area contributed by atoms with Crippen molar-refractivity contribution in [3.8, 4) is 0 Å². The third-order valence-electron chi connectivity index (χ3n) is 4.35. The molecule has 1 heterocycles. The summed E-state index contributed by atoms with van der Waals surface area (Å²) in [6.07, 6.45) is 1.00. The first-order chi connectivity index (χ1) is 9.93. The van der Waals surface area contributed by atoms with Crippen molar-refractivity contribution in [2.75, 3.05) is 6.54 Å². The van der Waals surface area contributed by atoms with E-state index < -0.39 is 0 Å². The maximum Gasteiger partial charge on any atom is 0.106 e. The van der Waals surface area contributed by atoms with Gasteiger partial charge in [-0.3, -0.25) is 0 Å². The molecule has 2 heteroatoms. The lowest BCUT2D eigenvalue weighted by molar-refractivity contribution is 0.484. The fourth-order valence-electron chi connectivity index (χ4n) is 3.08. The molecule has 0 aliphatic rings. The molecule has 0 aliphatic heterocycles. The number of aryl methyl sites for hydroxylation is 4. The van der Waals surface area contributed by atoms with Gasteiger partial charge < -0.3 is 9.73 Å². The highest BCUT2D eigenvalue weighted by molar-refractivity contribution is 5.37. The van der Waals surface area contributed by atoms with Crippen LogP contribution in [0, 0.1) is 34.6 Å². The number of furan rings is 1. The Morgan fingerprint density at radius 3 is 2.33 bits per heavy atom. The molecular formula is C19H27NO. The van der Waals surface area contributed by atoms with Gasteiger partial charge in [-0.25, -0.2) is 0 Å². The molecule has 1 unspecified atom stereocenters. The van der Waals surface area contributed by atoms with Gasteiger partial charge in [-0.1, -0.05) is 30.7 Å². The number of nitrogens with one attached hydrogen (secondary N) is 1. The molecule has 114 valence electrons. The van der Waals surface area contributed by atoms with Crippen LogP contribution in [-0.4, -0.2) is 6.54 Å². The third kappa shape index (κ3) is 3.38. The van der Waals surface area contributed by atoms with Crippen LogP contribution >= 0.6 is 0 Å². The second-order valence-electron chi connectivity index (χ2n) is 6.00. The Kier molecular flexibility index (Phi) is 4.89. The van der Waals surface area contributed by atoms with Gasteiger partial charge >= 0.3 is 0 Å². The van der Waals surface area contributed by atoms with Crippen LogP contribution in [0.5, 0.6) is 0 Å². The molecule has 0 saturated carbocycles. The van der Waals surface area contributed by atoms with Crippen molar-refractivity contribution < 1.29 is 4.42 Å². The quantitative estimate of drug-likeness (QED) is 0.860. The van der Waals surface area contributed by atoms with Crippen LogP contribution in [0.15, 0.2) is 22.6 Å². The zero-order valence-electron chi connectivity index (χ0n) is 14.1. The summed E-state index contributed by atoms with van der Waals surface area (Å²) in [6.45, 7) is 13.7. The van der Waals surface area contributed by atoms with E-state index in [0.717, 1.165) is 24.5 Å². The van der Waals surface area contributed by atoms with Gasteiger partial charge in [0.25, 0.3) is 0 Å². The predicted molar refractivity (Wildman–Crippen MR) is 89.0 cm³/mol. The first-order valence-corrected chi connectivity index (χ1v) is 7.80. The smallest absolute Gasteiger partial charge is 0.106 e. The van der Waals surface area contributed by atoms with E-state index in [1.807, 2.05) is 6.92 Å². The molecule has 2 aromatic rings. The summed E-state index contributed by atoms with van der Waals surface area (Å²) in [4.78, 5) is 0. The van der Waals surface area contributed by atoms with Crippen LogP contribution in [0.25, 0.3) is 0 Å². The molecule has 1 atom stereocenters. The number of rotatable bonds is 5. The summed E-state index contributed by atoms with van der Waals surface area (Å²) in [7, 11) is 0. The predicted octanol–water partition coefficient (Wildman–Crippen LogP) is 4.72. The molecule has 0 saturated heterocycles. The number of likely N-dealkylation sites (N-methyl/N-ethyl adjacent to an activating group) is 1. The Bertz CT molecular complexity index is 625. The van der Waals surface area contributed by atoms with Crippen molar-refractivity contribution in [3.63, 3.8) is 0 Å². The standard InChI is InChI=1S/C19H27NO/c1-7-20-18(19-14(4)15(5)21-16(19)6)11-17-10-12(2)8-9-13(17)3/h8-10,18,20H,7,11H2,1-6H3. The van der Waals surface area contributed by atoms with Crippen LogP contribution in [0.3, 0.4) is 0 Å². The molecule has 1 aromatic carbocycles. The Hall–Kier alpha value is -1.54. The minimum Gasteiger partial charge on any atom is -0.466 e. The largest absolute Gasteiger partial charge is 0.466 e. The van der Waals surface area contributed by atoms with Crippen molar-refractivity contribution >= 4 is 0 Å². The average molecular weight is 285 g/mol. The van der Waals surface area contributed by atoms with Gasteiger partial charge in [-0.15, -0.1) is 0 Å². The minimum atomic E-state index is 0.313. The van der Waals surface area contributed by atoms with Gasteiger partial charge in [0, 0.05) is 11.6 Å². The number of hydrogen-bond donors (Lipinski definition) is 1. The van der Waals surface area contributed by atoms with E-state index in [1.54, 1.807) is 0 Å². The van der Waals surface area contributed by atoms with Crippen LogP contribution in [0.1, 0.15) is 52.3 Å². The fraction of sp³-hybridized carbons (Fsp3) is 0.474. The lowest BCUT2D eigenvalue weighted by atomic mass is 9.93. The zero-order valence-corrected chi connectivity index (χ0v) is 14.1. The molecule has 21 heavy (non-hydrogen) atoms. The summed E-state index contributed by atoms with van der Waals surface area (Å²) in [5.41, 5.74) is 6.71. The summed E-state index contributed by atoms with van der Waals surface area (Å²) >= 11 is 0.